The number of esters is 1. The zero-order valence-electron chi connectivity index (χ0n) is 16.5. The molecule has 0 unspecified atom stereocenters. The summed E-state index contributed by atoms with van der Waals surface area (Å²) in [6, 6.07) is 8.72. The fourth-order valence-corrected chi connectivity index (χ4v) is 3.15. The SMILES string of the molecule is CCOC(=O)c1cccc(NC(=O)CCc2c(C)nc3c(C#N)cnn3c2C)c1. The van der Waals surface area contributed by atoms with E-state index in [1.54, 1.807) is 35.7 Å². The lowest BCUT2D eigenvalue weighted by Gasteiger charge is -2.11. The van der Waals surface area contributed by atoms with E-state index in [1.807, 2.05) is 13.8 Å². The molecule has 2 heterocycles. The monoisotopic (exact) mass is 391 g/mol. The van der Waals surface area contributed by atoms with Crippen LogP contribution in [0.5, 0.6) is 0 Å². The molecule has 0 saturated heterocycles. The maximum atomic E-state index is 12.4. The summed E-state index contributed by atoms with van der Waals surface area (Å²) >= 11 is 0. The van der Waals surface area contributed by atoms with Gasteiger partial charge in [-0.05, 0) is 51.0 Å². The summed E-state index contributed by atoms with van der Waals surface area (Å²) in [5, 5.41) is 16.2. The number of aryl methyl sites for hydroxylation is 2. The van der Waals surface area contributed by atoms with Gasteiger partial charge in [0, 0.05) is 23.5 Å². The van der Waals surface area contributed by atoms with Crippen LogP contribution in [0.4, 0.5) is 5.69 Å². The number of carbonyl (C=O) groups is 2. The number of benzene rings is 1. The minimum absolute atomic E-state index is 0.178. The number of fused-ring (bicyclic) bond motifs is 1. The molecule has 0 aliphatic carbocycles. The van der Waals surface area contributed by atoms with E-state index in [0.29, 0.717) is 35.5 Å². The van der Waals surface area contributed by atoms with E-state index < -0.39 is 5.97 Å². The highest BCUT2D eigenvalue weighted by Gasteiger charge is 2.15. The van der Waals surface area contributed by atoms with Gasteiger partial charge in [0.05, 0.1) is 18.4 Å². The number of carbonyl (C=O) groups excluding carboxylic acids is 2. The molecule has 1 aromatic carbocycles. The first-order valence-corrected chi connectivity index (χ1v) is 9.25. The number of nitriles is 1. The summed E-state index contributed by atoms with van der Waals surface area (Å²) in [5.41, 5.74) is 4.40. The van der Waals surface area contributed by atoms with Gasteiger partial charge in [-0.3, -0.25) is 4.79 Å². The summed E-state index contributed by atoms with van der Waals surface area (Å²) in [6.45, 7) is 5.78. The topological polar surface area (TPSA) is 109 Å². The largest absolute Gasteiger partial charge is 0.462 e. The Morgan fingerprint density at radius 3 is 2.83 bits per heavy atom. The average Bonchev–Trinajstić information content (AvgIpc) is 3.11. The van der Waals surface area contributed by atoms with Crippen molar-refractivity contribution < 1.29 is 14.3 Å². The summed E-state index contributed by atoms with van der Waals surface area (Å²) < 4.78 is 6.60. The Morgan fingerprint density at radius 1 is 1.31 bits per heavy atom. The Bertz CT molecular complexity index is 1130. The first-order chi connectivity index (χ1) is 13.9. The second-order valence-corrected chi connectivity index (χ2v) is 6.52. The zero-order chi connectivity index (χ0) is 21.0. The molecule has 8 heteroatoms. The van der Waals surface area contributed by atoms with Crippen molar-refractivity contribution in [2.24, 2.45) is 0 Å². The molecule has 29 heavy (non-hydrogen) atoms. The molecule has 3 rings (SSSR count). The van der Waals surface area contributed by atoms with E-state index in [0.717, 1.165) is 17.0 Å². The Labute approximate surface area is 168 Å². The fraction of sp³-hybridized carbons (Fsp3) is 0.286. The van der Waals surface area contributed by atoms with Crippen LogP contribution in [0.25, 0.3) is 5.65 Å². The first-order valence-electron chi connectivity index (χ1n) is 9.25. The van der Waals surface area contributed by atoms with Gasteiger partial charge in [0.2, 0.25) is 5.91 Å². The van der Waals surface area contributed by atoms with Crippen LogP contribution >= 0.6 is 0 Å². The number of nitrogens with one attached hydrogen (secondary N) is 1. The summed E-state index contributed by atoms with van der Waals surface area (Å²) in [7, 11) is 0. The van der Waals surface area contributed by atoms with E-state index in [1.165, 1.54) is 6.20 Å². The number of nitrogens with zero attached hydrogens (tertiary/aromatic N) is 4. The maximum absolute atomic E-state index is 12.4. The number of amides is 1. The normalized spacial score (nSPS) is 10.6. The molecule has 8 nitrogen and oxygen atoms in total. The fourth-order valence-electron chi connectivity index (χ4n) is 3.15. The van der Waals surface area contributed by atoms with Crippen LogP contribution in [-0.4, -0.2) is 33.1 Å². The molecule has 1 amide bonds. The van der Waals surface area contributed by atoms with Crippen molar-refractivity contribution in [1.29, 1.82) is 5.26 Å². The van der Waals surface area contributed by atoms with E-state index in [-0.39, 0.29) is 12.3 Å². The Kier molecular flexibility index (Phi) is 5.88. The smallest absolute Gasteiger partial charge is 0.338 e. The molecule has 0 atom stereocenters. The van der Waals surface area contributed by atoms with Crippen molar-refractivity contribution in [3.8, 4) is 6.07 Å². The molecule has 0 aliphatic rings. The van der Waals surface area contributed by atoms with E-state index >= 15 is 0 Å². The predicted molar refractivity (Wildman–Crippen MR) is 107 cm³/mol. The lowest BCUT2D eigenvalue weighted by molar-refractivity contribution is -0.116. The number of hydrogen-bond acceptors (Lipinski definition) is 6. The minimum atomic E-state index is -0.426. The first kappa shape index (κ1) is 20.0. The molecule has 0 saturated carbocycles. The van der Waals surface area contributed by atoms with Gasteiger partial charge in [-0.1, -0.05) is 6.07 Å². The molecule has 0 radical (unpaired) electrons. The molecule has 0 fully saturated rings. The van der Waals surface area contributed by atoms with Crippen molar-refractivity contribution in [3.05, 3.63) is 58.5 Å². The van der Waals surface area contributed by atoms with Crippen LogP contribution in [-0.2, 0) is 16.0 Å². The van der Waals surface area contributed by atoms with Gasteiger partial charge >= 0.3 is 5.97 Å². The van der Waals surface area contributed by atoms with Crippen molar-refractivity contribution in [2.75, 3.05) is 11.9 Å². The molecular weight excluding hydrogens is 370 g/mol. The third kappa shape index (κ3) is 4.24. The molecule has 0 bridgehead atoms. The number of anilines is 1. The van der Waals surface area contributed by atoms with Crippen LogP contribution in [0.1, 0.15) is 46.2 Å². The quantitative estimate of drug-likeness (QED) is 0.647. The molecule has 1 N–H and O–H groups in total. The number of ether oxygens (including phenoxy) is 1. The molecule has 0 spiro atoms. The highest BCUT2D eigenvalue weighted by Crippen LogP contribution is 2.19. The number of rotatable bonds is 6. The zero-order valence-corrected chi connectivity index (χ0v) is 16.5. The van der Waals surface area contributed by atoms with Crippen molar-refractivity contribution in [1.82, 2.24) is 14.6 Å². The second kappa shape index (κ2) is 8.52. The van der Waals surface area contributed by atoms with E-state index in [2.05, 4.69) is 21.5 Å². The lowest BCUT2D eigenvalue weighted by atomic mass is 10.1. The third-order valence-electron chi connectivity index (χ3n) is 4.59. The van der Waals surface area contributed by atoms with Crippen LogP contribution < -0.4 is 5.32 Å². The van der Waals surface area contributed by atoms with Crippen LogP contribution in [0, 0.1) is 25.2 Å². The Hall–Kier alpha value is -3.73. The molecular formula is C21H21N5O3. The molecule has 3 aromatic rings. The van der Waals surface area contributed by atoms with Crippen molar-refractivity contribution in [2.45, 2.75) is 33.6 Å². The van der Waals surface area contributed by atoms with Gasteiger partial charge in [-0.2, -0.15) is 10.4 Å². The van der Waals surface area contributed by atoms with Crippen molar-refractivity contribution in [3.63, 3.8) is 0 Å². The maximum Gasteiger partial charge on any atom is 0.338 e. The number of aromatic nitrogens is 3. The molecule has 148 valence electrons. The van der Waals surface area contributed by atoms with Gasteiger partial charge in [0.25, 0.3) is 0 Å². The van der Waals surface area contributed by atoms with E-state index in [4.69, 9.17) is 10.00 Å². The van der Waals surface area contributed by atoms with Gasteiger partial charge in [0.15, 0.2) is 5.65 Å². The third-order valence-corrected chi connectivity index (χ3v) is 4.59. The predicted octanol–water partition coefficient (Wildman–Crippen LogP) is 2.97. The average molecular weight is 391 g/mol. The number of hydrogen-bond donors (Lipinski definition) is 1. The summed E-state index contributed by atoms with van der Waals surface area (Å²) in [4.78, 5) is 28.7. The molecule has 0 aliphatic heterocycles. The highest BCUT2D eigenvalue weighted by atomic mass is 16.5. The van der Waals surface area contributed by atoms with Crippen molar-refractivity contribution >= 4 is 23.2 Å². The summed E-state index contributed by atoms with van der Waals surface area (Å²) in [5.74, 6) is -0.603. The van der Waals surface area contributed by atoms with Gasteiger partial charge in [-0.15, -0.1) is 0 Å². The van der Waals surface area contributed by atoms with Crippen LogP contribution in [0.3, 0.4) is 0 Å². The Balaban J connectivity index is 1.71. The second-order valence-electron chi connectivity index (χ2n) is 6.52. The Morgan fingerprint density at radius 2 is 2.10 bits per heavy atom. The van der Waals surface area contributed by atoms with Gasteiger partial charge in [0.1, 0.15) is 11.6 Å². The van der Waals surface area contributed by atoms with E-state index in [9.17, 15) is 9.59 Å². The van der Waals surface area contributed by atoms with Gasteiger partial charge in [-0.25, -0.2) is 14.3 Å². The standard InChI is InChI=1S/C21H21N5O3/c1-4-29-21(28)15-6-5-7-17(10-15)25-19(27)9-8-18-13(2)24-20-16(11-22)12-23-26(20)14(18)3/h5-7,10,12H,4,8-9H2,1-3H3,(H,25,27). The lowest BCUT2D eigenvalue weighted by Crippen LogP contribution is -2.15. The molecule has 2 aromatic heterocycles. The van der Waals surface area contributed by atoms with Crippen LogP contribution in [0.2, 0.25) is 0 Å². The summed E-state index contributed by atoms with van der Waals surface area (Å²) in [6.07, 6.45) is 2.21. The highest BCUT2D eigenvalue weighted by molar-refractivity contribution is 5.94. The minimum Gasteiger partial charge on any atom is -0.462 e. The van der Waals surface area contributed by atoms with Gasteiger partial charge < -0.3 is 10.1 Å². The van der Waals surface area contributed by atoms with Crippen LogP contribution in [0.15, 0.2) is 30.5 Å².